The van der Waals surface area contributed by atoms with E-state index in [1.54, 1.807) is 42.5 Å². The fourth-order valence-corrected chi connectivity index (χ4v) is 2.58. The molecular weight excluding hydrogens is 381 g/mol. The first-order chi connectivity index (χ1) is 12.4. The van der Waals surface area contributed by atoms with Crippen LogP contribution in [0.5, 0.6) is 0 Å². The number of carbonyl (C=O) groups excluding carboxylic acids is 3. The summed E-state index contributed by atoms with van der Waals surface area (Å²) < 4.78 is 8.96. The molecule has 0 aliphatic rings. The first-order valence-corrected chi connectivity index (χ1v) is 8.25. The molecule has 0 aliphatic heterocycles. The van der Waals surface area contributed by atoms with Gasteiger partial charge in [-0.2, -0.15) is 0 Å². The number of esters is 3. The molecule has 136 valence electrons. The lowest BCUT2D eigenvalue weighted by Crippen LogP contribution is -2.18. The number of ether oxygens (including phenoxy) is 2. The summed E-state index contributed by atoms with van der Waals surface area (Å²) in [6.07, 6.45) is -0.810. The second-order valence-electron chi connectivity index (χ2n) is 5.15. The van der Waals surface area contributed by atoms with Gasteiger partial charge in [-0.3, -0.25) is 14.4 Å². The van der Waals surface area contributed by atoms with Gasteiger partial charge in [0, 0.05) is 5.69 Å². The van der Waals surface area contributed by atoms with E-state index in [9.17, 15) is 14.4 Å². The zero-order valence-electron chi connectivity index (χ0n) is 13.8. The summed E-state index contributed by atoms with van der Waals surface area (Å²) in [5, 5.41) is 3.92. The lowest BCUT2D eigenvalue weighted by Gasteiger charge is -2.14. The van der Waals surface area contributed by atoms with Crippen LogP contribution in [-0.2, 0) is 30.3 Å². The molecule has 0 amide bonds. The second kappa shape index (κ2) is 9.22. The first-order valence-electron chi connectivity index (χ1n) is 7.50. The summed E-state index contributed by atoms with van der Waals surface area (Å²) in [4.78, 5) is 34.5. The van der Waals surface area contributed by atoms with Gasteiger partial charge >= 0.3 is 17.9 Å². The van der Waals surface area contributed by atoms with Crippen molar-refractivity contribution in [1.29, 1.82) is 0 Å². The molecule has 6 nitrogen and oxygen atoms in total. The fraction of sp³-hybridized carbons (Fsp3) is 0.167. The van der Waals surface area contributed by atoms with Gasteiger partial charge in [0.05, 0.1) is 29.3 Å². The predicted octanol–water partition coefficient (Wildman–Crippen LogP) is 3.91. The van der Waals surface area contributed by atoms with Crippen molar-refractivity contribution < 1.29 is 23.9 Å². The predicted molar refractivity (Wildman–Crippen MR) is 97.6 cm³/mol. The van der Waals surface area contributed by atoms with Gasteiger partial charge in [0.2, 0.25) is 0 Å². The molecule has 0 heterocycles. The third-order valence-electron chi connectivity index (χ3n) is 3.32. The van der Waals surface area contributed by atoms with Crippen LogP contribution in [0.2, 0.25) is 10.0 Å². The van der Waals surface area contributed by atoms with E-state index in [1.807, 2.05) is 0 Å². The van der Waals surface area contributed by atoms with Gasteiger partial charge in [-0.1, -0.05) is 47.5 Å². The van der Waals surface area contributed by atoms with Crippen molar-refractivity contribution >= 4 is 52.5 Å². The molecule has 0 unspecified atom stereocenters. The van der Waals surface area contributed by atoms with E-state index in [0.717, 1.165) is 7.11 Å². The Hall–Kier alpha value is -2.57. The number of para-hydroxylation sites is 2. The number of halogens is 2. The summed E-state index contributed by atoms with van der Waals surface area (Å²) in [5.74, 6) is -2.54. The number of nitrogens with one attached hydrogen (secondary N) is 1. The highest BCUT2D eigenvalue weighted by Gasteiger charge is 2.17. The minimum absolute atomic E-state index is 0.182. The van der Waals surface area contributed by atoms with Crippen molar-refractivity contribution in [2.45, 2.75) is 12.8 Å². The molecule has 0 radical (unpaired) electrons. The molecule has 26 heavy (non-hydrogen) atoms. The third-order valence-corrected chi connectivity index (χ3v) is 3.95. The van der Waals surface area contributed by atoms with Crippen molar-refractivity contribution in [2.75, 3.05) is 12.4 Å². The average molecular weight is 396 g/mol. The third kappa shape index (κ3) is 5.47. The van der Waals surface area contributed by atoms with Crippen molar-refractivity contribution in [3.05, 3.63) is 58.1 Å². The number of methoxy groups -OCH3 is 1. The van der Waals surface area contributed by atoms with Gasteiger partial charge in [-0.15, -0.1) is 0 Å². The molecule has 2 rings (SSSR count). The first kappa shape index (κ1) is 19.8. The topological polar surface area (TPSA) is 81.7 Å². The van der Waals surface area contributed by atoms with E-state index in [4.69, 9.17) is 23.2 Å². The maximum atomic E-state index is 12.0. The largest absolute Gasteiger partial charge is 0.469 e. The molecule has 2 aromatic carbocycles. The van der Waals surface area contributed by atoms with E-state index >= 15 is 0 Å². The standard InChI is InChI=1S/C18H15Cl2NO5/c1-25-15(22)10-17(24)26-16(23)9-11-5-2-3-8-14(11)21-18-12(19)6-4-7-13(18)20/h2-8,21H,9-10H2,1H3. The SMILES string of the molecule is COC(=O)CC(=O)OC(=O)Cc1ccccc1Nc1c(Cl)cccc1Cl. The van der Waals surface area contributed by atoms with E-state index in [-0.39, 0.29) is 6.42 Å². The van der Waals surface area contributed by atoms with E-state index in [2.05, 4.69) is 14.8 Å². The fourth-order valence-electron chi connectivity index (χ4n) is 2.09. The van der Waals surface area contributed by atoms with E-state index in [0.29, 0.717) is 27.0 Å². The molecule has 0 bridgehead atoms. The highest BCUT2D eigenvalue weighted by atomic mass is 35.5. The number of carbonyl (C=O) groups is 3. The number of rotatable bonds is 6. The lowest BCUT2D eigenvalue weighted by molar-refractivity contribution is -0.161. The molecule has 1 N–H and O–H groups in total. The summed E-state index contributed by atoms with van der Waals surface area (Å²) in [6, 6.07) is 12.0. The summed E-state index contributed by atoms with van der Waals surface area (Å²) in [6.45, 7) is 0. The van der Waals surface area contributed by atoms with E-state index in [1.165, 1.54) is 0 Å². The highest BCUT2D eigenvalue weighted by Crippen LogP contribution is 2.33. The molecular formula is C18H15Cl2NO5. The molecule has 0 saturated heterocycles. The maximum absolute atomic E-state index is 12.0. The zero-order chi connectivity index (χ0) is 19.1. The normalized spacial score (nSPS) is 10.1. The Bertz CT molecular complexity index is 818. The van der Waals surface area contributed by atoms with Crippen molar-refractivity contribution in [1.82, 2.24) is 0 Å². The summed E-state index contributed by atoms with van der Waals surface area (Å²) >= 11 is 12.3. The Balaban J connectivity index is 2.10. The molecule has 0 aliphatic carbocycles. The van der Waals surface area contributed by atoms with Crippen LogP contribution in [0, 0.1) is 0 Å². The molecule has 0 atom stereocenters. The van der Waals surface area contributed by atoms with Gasteiger partial charge in [-0.25, -0.2) is 0 Å². The highest BCUT2D eigenvalue weighted by molar-refractivity contribution is 6.39. The lowest BCUT2D eigenvalue weighted by atomic mass is 10.1. The summed E-state index contributed by atoms with van der Waals surface area (Å²) in [5.41, 5.74) is 1.65. The maximum Gasteiger partial charge on any atom is 0.324 e. The number of anilines is 2. The quantitative estimate of drug-likeness (QED) is 0.589. The minimum Gasteiger partial charge on any atom is -0.469 e. The number of hydrogen-bond acceptors (Lipinski definition) is 6. The molecule has 0 saturated carbocycles. The number of hydrogen-bond donors (Lipinski definition) is 1. The van der Waals surface area contributed by atoms with Crippen LogP contribution in [0.1, 0.15) is 12.0 Å². The Morgan fingerprint density at radius 3 is 2.23 bits per heavy atom. The molecule has 8 heteroatoms. The molecule has 0 spiro atoms. The van der Waals surface area contributed by atoms with Gasteiger partial charge < -0.3 is 14.8 Å². The van der Waals surface area contributed by atoms with Crippen LogP contribution in [0.25, 0.3) is 0 Å². The zero-order valence-corrected chi connectivity index (χ0v) is 15.3. The molecule has 0 fully saturated rings. The minimum atomic E-state index is -0.971. The molecule has 2 aromatic rings. The second-order valence-corrected chi connectivity index (χ2v) is 5.97. The van der Waals surface area contributed by atoms with Gasteiger partial charge in [0.25, 0.3) is 0 Å². The van der Waals surface area contributed by atoms with Crippen LogP contribution in [0.4, 0.5) is 11.4 Å². The molecule has 0 aromatic heterocycles. The van der Waals surface area contributed by atoms with Crippen molar-refractivity contribution in [3.8, 4) is 0 Å². The van der Waals surface area contributed by atoms with Crippen LogP contribution >= 0.6 is 23.2 Å². The van der Waals surface area contributed by atoms with Crippen LogP contribution in [0.15, 0.2) is 42.5 Å². The number of benzene rings is 2. The van der Waals surface area contributed by atoms with Crippen LogP contribution in [-0.4, -0.2) is 25.0 Å². The summed E-state index contributed by atoms with van der Waals surface area (Å²) in [7, 11) is 1.14. The Morgan fingerprint density at radius 2 is 1.58 bits per heavy atom. The van der Waals surface area contributed by atoms with E-state index < -0.39 is 24.3 Å². The van der Waals surface area contributed by atoms with Crippen molar-refractivity contribution in [3.63, 3.8) is 0 Å². The average Bonchev–Trinajstić information content (AvgIpc) is 2.59. The van der Waals surface area contributed by atoms with Gasteiger partial charge in [-0.05, 0) is 23.8 Å². The van der Waals surface area contributed by atoms with Crippen molar-refractivity contribution in [2.24, 2.45) is 0 Å². The van der Waals surface area contributed by atoms with Gasteiger partial charge in [0.15, 0.2) is 0 Å². The monoisotopic (exact) mass is 395 g/mol. The Kier molecular flexibility index (Phi) is 7.00. The van der Waals surface area contributed by atoms with Crippen LogP contribution < -0.4 is 5.32 Å². The Morgan fingerprint density at radius 1 is 0.923 bits per heavy atom. The Labute approximate surface area is 160 Å². The van der Waals surface area contributed by atoms with Gasteiger partial charge in [0.1, 0.15) is 6.42 Å². The smallest absolute Gasteiger partial charge is 0.324 e. The van der Waals surface area contributed by atoms with Crippen LogP contribution in [0.3, 0.4) is 0 Å².